The van der Waals surface area contributed by atoms with Gasteiger partial charge in [-0.05, 0) is 25.1 Å². The van der Waals surface area contributed by atoms with Crippen molar-refractivity contribution in [1.29, 1.82) is 0 Å². The van der Waals surface area contributed by atoms with Crippen LogP contribution in [-0.2, 0) is 0 Å². The van der Waals surface area contributed by atoms with E-state index in [1.54, 1.807) is 31.2 Å². The summed E-state index contributed by atoms with van der Waals surface area (Å²) in [7, 11) is 1.53. The highest BCUT2D eigenvalue weighted by Crippen LogP contribution is 2.13. The number of rotatable bonds is 3. The van der Waals surface area contributed by atoms with Gasteiger partial charge in [0.15, 0.2) is 5.69 Å². The summed E-state index contributed by atoms with van der Waals surface area (Å²) in [6.45, 7) is 1.61. The minimum Gasteiger partial charge on any atom is -0.427 e. The predicted octanol–water partition coefficient (Wildman–Crippen LogP) is 1.04. The SMILES string of the molecule is CNC(=O)c1cccc(NC(=O)c2c(C)ncn2O)c1. The van der Waals surface area contributed by atoms with Gasteiger partial charge in [-0.15, -0.1) is 0 Å². The van der Waals surface area contributed by atoms with Gasteiger partial charge < -0.3 is 15.8 Å². The Morgan fingerprint density at radius 3 is 2.65 bits per heavy atom. The number of aryl methyl sites for hydroxylation is 1. The van der Waals surface area contributed by atoms with Crippen LogP contribution in [0.4, 0.5) is 5.69 Å². The molecular weight excluding hydrogens is 260 g/mol. The van der Waals surface area contributed by atoms with Crippen LogP contribution >= 0.6 is 0 Å². The first-order valence-electron chi connectivity index (χ1n) is 5.89. The molecule has 0 aliphatic rings. The number of hydrogen-bond donors (Lipinski definition) is 3. The lowest BCUT2D eigenvalue weighted by Crippen LogP contribution is -2.19. The van der Waals surface area contributed by atoms with Crippen LogP contribution in [0.15, 0.2) is 30.6 Å². The second kappa shape index (κ2) is 5.43. The quantitative estimate of drug-likeness (QED) is 0.729. The fraction of sp³-hybridized carbons (Fsp3) is 0.154. The summed E-state index contributed by atoms with van der Waals surface area (Å²) in [5, 5.41) is 14.6. The Balaban J connectivity index is 2.22. The number of anilines is 1. The van der Waals surface area contributed by atoms with Gasteiger partial charge in [0.05, 0.1) is 5.69 Å². The monoisotopic (exact) mass is 274 g/mol. The van der Waals surface area contributed by atoms with Gasteiger partial charge in [0, 0.05) is 18.3 Å². The van der Waals surface area contributed by atoms with Crippen molar-refractivity contribution >= 4 is 17.5 Å². The highest BCUT2D eigenvalue weighted by molar-refractivity contribution is 6.04. The smallest absolute Gasteiger partial charge is 0.277 e. The molecule has 1 heterocycles. The number of benzene rings is 1. The normalized spacial score (nSPS) is 10.1. The van der Waals surface area contributed by atoms with Gasteiger partial charge in [0.1, 0.15) is 6.33 Å². The molecule has 0 aliphatic carbocycles. The standard InChI is InChI=1S/C13H14N4O3/c1-8-11(17(20)7-15-8)13(19)16-10-5-3-4-9(6-10)12(18)14-2/h3-7,20H,1-2H3,(H,14,18)(H,16,19). The number of nitrogens with zero attached hydrogens (tertiary/aromatic N) is 2. The average molecular weight is 274 g/mol. The van der Waals surface area contributed by atoms with Crippen LogP contribution in [-0.4, -0.2) is 33.8 Å². The van der Waals surface area contributed by atoms with E-state index in [4.69, 9.17) is 0 Å². The highest BCUT2D eigenvalue weighted by Gasteiger charge is 2.16. The first-order chi connectivity index (χ1) is 9.52. The summed E-state index contributed by atoms with van der Waals surface area (Å²) in [5.74, 6) is -0.749. The van der Waals surface area contributed by atoms with Crippen LogP contribution in [0.5, 0.6) is 0 Å². The van der Waals surface area contributed by atoms with Crippen molar-refractivity contribution in [3.05, 3.63) is 47.5 Å². The maximum Gasteiger partial charge on any atom is 0.277 e. The number of nitrogens with one attached hydrogen (secondary N) is 2. The number of carbonyl (C=O) groups is 2. The second-order valence-corrected chi connectivity index (χ2v) is 4.14. The zero-order valence-electron chi connectivity index (χ0n) is 11.0. The van der Waals surface area contributed by atoms with Gasteiger partial charge in [0.2, 0.25) is 0 Å². The summed E-state index contributed by atoms with van der Waals surface area (Å²) in [5.41, 5.74) is 1.35. The molecular formula is C13H14N4O3. The van der Waals surface area contributed by atoms with E-state index in [0.29, 0.717) is 21.7 Å². The molecule has 0 unspecified atom stereocenters. The van der Waals surface area contributed by atoms with Crippen molar-refractivity contribution in [1.82, 2.24) is 15.0 Å². The molecule has 7 nitrogen and oxygen atoms in total. The van der Waals surface area contributed by atoms with Gasteiger partial charge in [-0.1, -0.05) is 6.07 Å². The molecule has 2 rings (SSSR count). The van der Waals surface area contributed by atoms with Gasteiger partial charge in [-0.3, -0.25) is 9.59 Å². The lowest BCUT2D eigenvalue weighted by molar-refractivity contribution is 0.0955. The first kappa shape index (κ1) is 13.6. The van der Waals surface area contributed by atoms with E-state index < -0.39 is 5.91 Å². The lowest BCUT2D eigenvalue weighted by Gasteiger charge is -2.07. The molecule has 0 fully saturated rings. The topological polar surface area (TPSA) is 96.3 Å². The molecule has 0 saturated carbocycles. The fourth-order valence-electron chi connectivity index (χ4n) is 1.77. The Labute approximate surface area is 115 Å². The summed E-state index contributed by atoms with van der Waals surface area (Å²) in [6, 6.07) is 6.49. The van der Waals surface area contributed by atoms with E-state index in [1.165, 1.54) is 7.05 Å². The van der Waals surface area contributed by atoms with Gasteiger partial charge >= 0.3 is 0 Å². The number of carbonyl (C=O) groups excluding carboxylic acids is 2. The van der Waals surface area contributed by atoms with E-state index in [-0.39, 0.29) is 11.6 Å². The third kappa shape index (κ3) is 2.61. The minimum atomic E-state index is -0.503. The molecule has 0 atom stereocenters. The molecule has 2 amide bonds. The number of imidazole rings is 1. The third-order valence-electron chi connectivity index (χ3n) is 2.76. The molecule has 0 aliphatic heterocycles. The molecule has 0 spiro atoms. The second-order valence-electron chi connectivity index (χ2n) is 4.14. The molecule has 20 heavy (non-hydrogen) atoms. The van der Waals surface area contributed by atoms with Crippen molar-refractivity contribution in [2.24, 2.45) is 0 Å². The molecule has 7 heteroatoms. The van der Waals surface area contributed by atoms with Crippen molar-refractivity contribution in [2.45, 2.75) is 6.92 Å². The van der Waals surface area contributed by atoms with Crippen LogP contribution in [0.3, 0.4) is 0 Å². The van der Waals surface area contributed by atoms with Gasteiger partial charge in [0.25, 0.3) is 11.8 Å². The lowest BCUT2D eigenvalue weighted by atomic mass is 10.2. The van der Waals surface area contributed by atoms with Crippen molar-refractivity contribution in [2.75, 3.05) is 12.4 Å². The Morgan fingerprint density at radius 2 is 2.05 bits per heavy atom. The van der Waals surface area contributed by atoms with Crippen LogP contribution in [0, 0.1) is 6.92 Å². The first-order valence-corrected chi connectivity index (χ1v) is 5.89. The summed E-state index contributed by atoms with van der Waals surface area (Å²) < 4.78 is 0.660. The number of amides is 2. The zero-order chi connectivity index (χ0) is 14.7. The van der Waals surface area contributed by atoms with Crippen molar-refractivity contribution in [3.63, 3.8) is 0 Å². The summed E-state index contributed by atoms with van der Waals surface area (Å²) >= 11 is 0. The molecule has 0 radical (unpaired) electrons. The Hall–Kier alpha value is -2.83. The molecule has 0 saturated heterocycles. The molecule has 1 aromatic heterocycles. The maximum absolute atomic E-state index is 12.0. The average Bonchev–Trinajstić information content (AvgIpc) is 2.77. The van der Waals surface area contributed by atoms with Gasteiger partial charge in [-0.2, -0.15) is 4.73 Å². The number of aromatic nitrogens is 2. The molecule has 3 N–H and O–H groups in total. The Bertz CT molecular complexity index is 644. The van der Waals surface area contributed by atoms with E-state index in [1.807, 2.05) is 0 Å². The van der Waals surface area contributed by atoms with Crippen molar-refractivity contribution < 1.29 is 14.8 Å². The summed E-state index contributed by atoms with van der Waals surface area (Å²) in [4.78, 5) is 27.4. The van der Waals surface area contributed by atoms with Gasteiger partial charge in [-0.25, -0.2) is 4.98 Å². The minimum absolute atomic E-state index is 0.0512. The van der Waals surface area contributed by atoms with Crippen LogP contribution in [0.25, 0.3) is 0 Å². The van der Waals surface area contributed by atoms with E-state index in [9.17, 15) is 14.8 Å². The zero-order valence-corrected chi connectivity index (χ0v) is 11.0. The summed E-state index contributed by atoms with van der Waals surface area (Å²) in [6.07, 6.45) is 1.14. The van der Waals surface area contributed by atoms with E-state index in [0.717, 1.165) is 6.33 Å². The molecule has 1 aromatic carbocycles. The highest BCUT2D eigenvalue weighted by atomic mass is 16.5. The molecule has 0 bridgehead atoms. The largest absolute Gasteiger partial charge is 0.427 e. The Kier molecular flexibility index (Phi) is 3.69. The van der Waals surface area contributed by atoms with Crippen LogP contribution in [0.1, 0.15) is 26.5 Å². The molecule has 2 aromatic rings. The third-order valence-corrected chi connectivity index (χ3v) is 2.76. The Morgan fingerprint density at radius 1 is 1.30 bits per heavy atom. The van der Waals surface area contributed by atoms with Crippen LogP contribution in [0.2, 0.25) is 0 Å². The van der Waals surface area contributed by atoms with Crippen molar-refractivity contribution in [3.8, 4) is 0 Å². The van der Waals surface area contributed by atoms with Crippen LogP contribution < -0.4 is 10.6 Å². The van der Waals surface area contributed by atoms with E-state index in [2.05, 4.69) is 15.6 Å². The fourth-order valence-corrected chi connectivity index (χ4v) is 1.77. The number of hydrogen-bond acceptors (Lipinski definition) is 4. The maximum atomic E-state index is 12.0. The molecule has 104 valence electrons. The van der Waals surface area contributed by atoms with E-state index >= 15 is 0 Å². The predicted molar refractivity (Wildman–Crippen MR) is 71.9 cm³/mol.